The van der Waals surface area contributed by atoms with Gasteiger partial charge in [-0.25, -0.2) is 0 Å². The Bertz CT molecular complexity index is 458. The average Bonchev–Trinajstić information content (AvgIpc) is 2.85. The minimum Gasteiger partial charge on any atom is -0.469 e. The molecule has 0 aromatic heterocycles. The van der Waals surface area contributed by atoms with Crippen molar-refractivity contribution in [3.63, 3.8) is 0 Å². The normalized spacial score (nSPS) is 13.4. The fourth-order valence-electron chi connectivity index (χ4n) is 3.31. The van der Waals surface area contributed by atoms with Gasteiger partial charge in [-0.1, -0.05) is 51.2 Å². The fraction of sp³-hybridized carbons (Fsp3) is 0.885. The summed E-state index contributed by atoms with van der Waals surface area (Å²) in [7, 11) is 1.43. The van der Waals surface area contributed by atoms with Crippen molar-refractivity contribution in [2.24, 2.45) is 0 Å². The molecule has 0 saturated heterocycles. The predicted molar refractivity (Wildman–Crippen MR) is 133 cm³/mol. The van der Waals surface area contributed by atoms with Gasteiger partial charge in [0.2, 0.25) is 0 Å². The van der Waals surface area contributed by atoms with E-state index in [1.54, 1.807) is 0 Å². The molecule has 8 nitrogen and oxygen atoms in total. The highest BCUT2D eigenvalue weighted by Gasteiger charge is 2.18. The van der Waals surface area contributed by atoms with Crippen LogP contribution < -0.4 is 0 Å². The molecular weight excluding hydrogens is 440 g/mol. The molecule has 2 atom stereocenters. The van der Waals surface area contributed by atoms with Crippen molar-refractivity contribution >= 4 is 5.97 Å². The lowest BCUT2D eigenvalue weighted by Gasteiger charge is -2.22. The Hall–Kier alpha value is -1.03. The van der Waals surface area contributed by atoms with Gasteiger partial charge in [-0.15, -0.1) is 0 Å². The van der Waals surface area contributed by atoms with E-state index in [9.17, 15) is 9.90 Å². The molecule has 0 aromatic rings. The van der Waals surface area contributed by atoms with Crippen LogP contribution in [0.3, 0.4) is 0 Å². The van der Waals surface area contributed by atoms with Crippen molar-refractivity contribution in [2.75, 3.05) is 60.0 Å². The number of ether oxygens (including phenoxy) is 5. The van der Waals surface area contributed by atoms with E-state index < -0.39 is 6.10 Å². The Kier molecular flexibility index (Phi) is 25.8. The number of hydrogen-bond acceptors (Lipinski definition) is 8. The van der Waals surface area contributed by atoms with Crippen LogP contribution in [0.25, 0.3) is 0 Å². The summed E-state index contributed by atoms with van der Waals surface area (Å²) < 4.78 is 26.6. The summed E-state index contributed by atoms with van der Waals surface area (Å²) in [4.78, 5) is 11.1. The molecule has 0 radical (unpaired) electrons. The Morgan fingerprint density at radius 2 is 1.44 bits per heavy atom. The molecule has 0 spiro atoms. The fourth-order valence-corrected chi connectivity index (χ4v) is 3.31. The number of unbranched alkanes of at least 4 members (excludes halogenated alkanes) is 6. The number of carbonyl (C=O) groups is 1. The van der Waals surface area contributed by atoms with Crippen molar-refractivity contribution in [1.29, 1.82) is 0 Å². The van der Waals surface area contributed by atoms with Crippen LogP contribution in [0.2, 0.25) is 0 Å². The van der Waals surface area contributed by atoms with Gasteiger partial charge >= 0.3 is 5.97 Å². The average molecular weight is 491 g/mol. The van der Waals surface area contributed by atoms with Crippen LogP contribution in [0.15, 0.2) is 12.2 Å². The van der Waals surface area contributed by atoms with E-state index in [0.29, 0.717) is 59.1 Å². The smallest absolute Gasteiger partial charge is 0.305 e. The number of aliphatic hydroxyl groups is 2. The number of methoxy groups -OCH3 is 1. The van der Waals surface area contributed by atoms with Crippen molar-refractivity contribution in [3.8, 4) is 0 Å². The lowest BCUT2D eigenvalue weighted by Crippen LogP contribution is -2.30. The first-order valence-corrected chi connectivity index (χ1v) is 13.0. The van der Waals surface area contributed by atoms with Crippen molar-refractivity contribution in [1.82, 2.24) is 0 Å². The van der Waals surface area contributed by atoms with Gasteiger partial charge in [0.1, 0.15) is 0 Å². The van der Waals surface area contributed by atoms with Crippen molar-refractivity contribution in [3.05, 3.63) is 12.2 Å². The third kappa shape index (κ3) is 22.7. The molecule has 0 aromatic carbocycles. The molecule has 0 aliphatic rings. The quantitative estimate of drug-likeness (QED) is 0.107. The second-order valence-corrected chi connectivity index (χ2v) is 8.27. The number of rotatable bonds is 26. The largest absolute Gasteiger partial charge is 0.469 e. The van der Waals surface area contributed by atoms with Gasteiger partial charge in [-0.2, -0.15) is 0 Å². The maximum atomic E-state index is 11.1. The van der Waals surface area contributed by atoms with Crippen LogP contribution >= 0.6 is 0 Å². The van der Waals surface area contributed by atoms with Crippen LogP contribution in [0.1, 0.15) is 77.6 Å². The Morgan fingerprint density at radius 3 is 2.09 bits per heavy atom. The van der Waals surface area contributed by atoms with E-state index >= 15 is 0 Å². The van der Waals surface area contributed by atoms with Crippen molar-refractivity contribution < 1.29 is 38.7 Å². The molecule has 34 heavy (non-hydrogen) atoms. The van der Waals surface area contributed by atoms with Gasteiger partial charge in [0.05, 0.1) is 72.2 Å². The molecule has 0 aliphatic carbocycles. The summed E-state index contributed by atoms with van der Waals surface area (Å²) >= 11 is 0. The maximum absolute atomic E-state index is 11.1. The molecule has 0 unspecified atom stereocenters. The predicted octanol–water partition coefficient (Wildman–Crippen LogP) is 3.81. The molecule has 2 N–H and O–H groups in total. The minimum atomic E-state index is -0.471. The lowest BCUT2D eigenvalue weighted by molar-refractivity contribution is -0.140. The molecule has 0 amide bonds. The molecular formula is C26H50O8. The first kappa shape index (κ1) is 33.0. The molecule has 0 rings (SSSR count). The van der Waals surface area contributed by atoms with Gasteiger partial charge in [0, 0.05) is 6.42 Å². The van der Waals surface area contributed by atoms with E-state index in [0.717, 1.165) is 57.8 Å². The van der Waals surface area contributed by atoms with Gasteiger partial charge in [0.15, 0.2) is 0 Å². The van der Waals surface area contributed by atoms with E-state index in [1.807, 2.05) is 0 Å². The van der Waals surface area contributed by atoms with Gasteiger partial charge in [-0.3, -0.25) is 4.79 Å². The van der Waals surface area contributed by atoms with E-state index in [2.05, 4.69) is 23.8 Å². The summed E-state index contributed by atoms with van der Waals surface area (Å²) in [5.41, 5.74) is 0. The third-order valence-corrected chi connectivity index (χ3v) is 5.34. The summed E-state index contributed by atoms with van der Waals surface area (Å²) in [6.45, 7) is 5.28. The first-order valence-electron chi connectivity index (χ1n) is 13.0. The van der Waals surface area contributed by atoms with E-state index in [-0.39, 0.29) is 18.7 Å². The third-order valence-electron chi connectivity index (χ3n) is 5.34. The highest BCUT2D eigenvalue weighted by Crippen LogP contribution is 2.13. The van der Waals surface area contributed by atoms with Crippen LogP contribution in [0.5, 0.6) is 0 Å². The molecule has 0 aliphatic heterocycles. The summed E-state index contributed by atoms with van der Waals surface area (Å²) in [5.74, 6) is -0.127. The highest BCUT2D eigenvalue weighted by atomic mass is 16.6. The van der Waals surface area contributed by atoms with Crippen molar-refractivity contribution in [2.45, 2.75) is 89.8 Å². The van der Waals surface area contributed by atoms with Crippen LogP contribution in [-0.4, -0.2) is 88.4 Å². The molecule has 202 valence electrons. The second kappa shape index (κ2) is 26.6. The standard InChI is InChI=1S/C26H50O8/c1-3-4-13-24(28)25(34-23-22-33-21-20-32-19-18-31-17-16-27)14-11-9-7-5-6-8-10-12-15-26(29)30-2/h9,11,24-25,27-28H,3-8,10,12-23H2,1-2H3/t24-,25-/m0/s1. The number of hydrogen-bond donors (Lipinski definition) is 2. The SMILES string of the molecule is CCCC[C@H](O)[C@H](CC=CCCCCCCCC(=O)OC)OCCOCCOCCOCCO. The topological polar surface area (TPSA) is 104 Å². The number of allylic oxidation sites excluding steroid dienone is 1. The Labute approximate surface area is 206 Å². The summed E-state index contributed by atoms with van der Waals surface area (Å²) in [6.07, 6.45) is 14.0. The summed E-state index contributed by atoms with van der Waals surface area (Å²) in [5, 5.41) is 19.1. The van der Waals surface area contributed by atoms with Crippen LogP contribution in [0.4, 0.5) is 0 Å². The Morgan fingerprint density at radius 1 is 0.824 bits per heavy atom. The van der Waals surface area contributed by atoms with Crippen LogP contribution in [0, 0.1) is 0 Å². The van der Waals surface area contributed by atoms with E-state index in [4.69, 9.17) is 24.1 Å². The first-order chi connectivity index (χ1) is 16.7. The molecule has 0 bridgehead atoms. The minimum absolute atomic E-state index is 0.0217. The van der Waals surface area contributed by atoms with Gasteiger partial charge in [-0.05, 0) is 32.1 Å². The number of carbonyl (C=O) groups excluding carboxylic acids is 1. The van der Waals surface area contributed by atoms with E-state index in [1.165, 1.54) is 7.11 Å². The maximum Gasteiger partial charge on any atom is 0.305 e. The molecule has 0 saturated carbocycles. The molecule has 0 fully saturated rings. The summed E-state index contributed by atoms with van der Waals surface area (Å²) in [6, 6.07) is 0. The second-order valence-electron chi connectivity index (χ2n) is 8.27. The van der Waals surface area contributed by atoms with Crippen LogP contribution in [-0.2, 0) is 28.5 Å². The lowest BCUT2D eigenvalue weighted by atomic mass is 10.0. The number of esters is 1. The molecule has 0 heterocycles. The zero-order chi connectivity index (χ0) is 25.1. The Balaban J connectivity index is 3.90. The molecule has 8 heteroatoms. The monoisotopic (exact) mass is 490 g/mol. The number of aliphatic hydroxyl groups excluding tert-OH is 2. The zero-order valence-electron chi connectivity index (χ0n) is 21.6. The highest BCUT2D eigenvalue weighted by molar-refractivity contribution is 5.68. The van der Waals surface area contributed by atoms with Gasteiger partial charge < -0.3 is 33.9 Å². The zero-order valence-corrected chi connectivity index (χ0v) is 21.6. The van der Waals surface area contributed by atoms with Gasteiger partial charge in [0.25, 0.3) is 0 Å².